The maximum Gasteiger partial charge on any atom is 0.328 e. The summed E-state index contributed by atoms with van der Waals surface area (Å²) in [6.45, 7) is 5.53. The van der Waals surface area contributed by atoms with Gasteiger partial charge in [-0.1, -0.05) is 58.0 Å². The molecule has 1 aromatic carbocycles. The summed E-state index contributed by atoms with van der Waals surface area (Å²) in [6.07, 6.45) is -0.639. The second-order valence-electron chi connectivity index (χ2n) is 10.00. The number of carbonyl (C=O) groups is 6. The molecule has 4 amide bonds. The molecule has 0 radical (unpaired) electrons. The van der Waals surface area contributed by atoms with Crippen LogP contribution in [0.4, 0.5) is 0 Å². The first-order valence-corrected chi connectivity index (χ1v) is 12.7. The van der Waals surface area contributed by atoms with Crippen molar-refractivity contribution in [2.45, 2.75) is 70.7 Å². The van der Waals surface area contributed by atoms with Crippen LogP contribution in [0.2, 0.25) is 0 Å². The van der Waals surface area contributed by atoms with Crippen molar-refractivity contribution in [1.29, 1.82) is 0 Å². The lowest BCUT2D eigenvalue weighted by molar-refractivity contribution is -0.143. The Morgan fingerprint density at radius 3 is 1.65 bits per heavy atom. The minimum absolute atomic E-state index is 0.142. The van der Waals surface area contributed by atoms with E-state index >= 15 is 0 Å². The summed E-state index contributed by atoms with van der Waals surface area (Å²) in [5.74, 6) is -7.26. The number of carbonyl (C=O) groups excluding carboxylic acids is 4. The topological polar surface area (TPSA) is 237 Å². The molecular formula is C26H39N5O9. The fourth-order valence-electron chi connectivity index (χ4n) is 3.64. The smallest absolute Gasteiger partial charge is 0.328 e. The molecule has 14 heteroatoms. The Morgan fingerprint density at radius 1 is 0.725 bits per heavy atom. The van der Waals surface area contributed by atoms with Crippen molar-refractivity contribution in [3.8, 4) is 0 Å². The highest BCUT2D eigenvalue weighted by molar-refractivity contribution is 5.96. The van der Waals surface area contributed by atoms with Gasteiger partial charge in [0.1, 0.15) is 24.2 Å². The maximum absolute atomic E-state index is 13.1. The third kappa shape index (κ3) is 11.0. The molecule has 0 saturated carbocycles. The van der Waals surface area contributed by atoms with Crippen LogP contribution in [0, 0.1) is 11.8 Å². The number of carboxylic acid groups (broad SMARTS) is 2. The highest BCUT2D eigenvalue weighted by atomic mass is 16.4. The molecule has 222 valence electrons. The van der Waals surface area contributed by atoms with Crippen LogP contribution in [0.1, 0.15) is 39.7 Å². The Hall–Kier alpha value is -4.04. The van der Waals surface area contributed by atoms with Gasteiger partial charge >= 0.3 is 11.9 Å². The SMILES string of the molecule is CC(C)[C@H](NC(=O)[C@H](CC(=O)O)NC(=O)[C@@H](N)Cc1ccccc1)C(=O)N[C@H](C(=O)N[C@@H](CO)C(=O)O)C(C)C. The van der Waals surface area contributed by atoms with E-state index in [-0.39, 0.29) is 6.42 Å². The molecule has 1 aromatic rings. The number of carboxylic acids is 2. The van der Waals surface area contributed by atoms with Crippen LogP contribution in [0.15, 0.2) is 30.3 Å². The second kappa shape index (κ2) is 16.2. The van der Waals surface area contributed by atoms with Gasteiger partial charge in [0.2, 0.25) is 23.6 Å². The Labute approximate surface area is 232 Å². The normalized spacial score (nSPS) is 14.8. The lowest BCUT2D eigenvalue weighted by Gasteiger charge is -2.29. The third-order valence-electron chi connectivity index (χ3n) is 5.94. The Bertz CT molecular complexity index is 1050. The van der Waals surface area contributed by atoms with E-state index < -0.39 is 90.6 Å². The first-order valence-electron chi connectivity index (χ1n) is 12.7. The first kappa shape index (κ1) is 34.0. The molecule has 9 N–H and O–H groups in total. The van der Waals surface area contributed by atoms with Gasteiger partial charge in [-0.15, -0.1) is 0 Å². The highest BCUT2D eigenvalue weighted by Crippen LogP contribution is 2.09. The summed E-state index contributed by atoms with van der Waals surface area (Å²) in [7, 11) is 0. The van der Waals surface area contributed by atoms with E-state index in [1.54, 1.807) is 58.0 Å². The van der Waals surface area contributed by atoms with Gasteiger partial charge in [0, 0.05) is 0 Å². The Morgan fingerprint density at radius 2 is 1.20 bits per heavy atom. The zero-order chi connectivity index (χ0) is 30.6. The third-order valence-corrected chi connectivity index (χ3v) is 5.94. The average molecular weight is 566 g/mol. The maximum atomic E-state index is 13.1. The highest BCUT2D eigenvalue weighted by Gasteiger charge is 2.34. The molecule has 0 aliphatic rings. The molecule has 0 aromatic heterocycles. The van der Waals surface area contributed by atoms with Crippen LogP contribution >= 0.6 is 0 Å². The summed E-state index contributed by atoms with van der Waals surface area (Å²) in [4.78, 5) is 74.0. The first-order chi connectivity index (χ1) is 18.7. The molecule has 0 spiro atoms. The number of hydrogen-bond acceptors (Lipinski definition) is 8. The molecular weight excluding hydrogens is 526 g/mol. The van der Waals surface area contributed by atoms with Gasteiger partial charge in [0.25, 0.3) is 0 Å². The zero-order valence-electron chi connectivity index (χ0n) is 22.9. The van der Waals surface area contributed by atoms with Crippen molar-refractivity contribution in [3.63, 3.8) is 0 Å². The molecule has 1 rings (SSSR count). The Kier molecular flexibility index (Phi) is 13.7. The predicted octanol–water partition coefficient (Wildman–Crippen LogP) is -1.64. The van der Waals surface area contributed by atoms with Crippen LogP contribution in [-0.4, -0.2) is 87.7 Å². The summed E-state index contributed by atoms with van der Waals surface area (Å²) in [5.41, 5.74) is 6.72. The van der Waals surface area contributed by atoms with Gasteiger partial charge in [-0.05, 0) is 23.8 Å². The monoisotopic (exact) mass is 565 g/mol. The molecule has 0 aliphatic heterocycles. The van der Waals surface area contributed by atoms with Crippen LogP contribution in [0.25, 0.3) is 0 Å². The molecule has 40 heavy (non-hydrogen) atoms. The van der Waals surface area contributed by atoms with Crippen molar-refractivity contribution in [3.05, 3.63) is 35.9 Å². The molecule has 0 unspecified atom stereocenters. The zero-order valence-corrected chi connectivity index (χ0v) is 22.9. The number of nitrogens with two attached hydrogens (primary N) is 1. The van der Waals surface area contributed by atoms with Gasteiger partial charge in [-0.25, -0.2) is 4.79 Å². The summed E-state index contributed by atoms with van der Waals surface area (Å²) < 4.78 is 0. The molecule has 0 bridgehead atoms. The van der Waals surface area contributed by atoms with Gasteiger partial charge in [0.05, 0.1) is 19.1 Å². The van der Waals surface area contributed by atoms with E-state index in [0.717, 1.165) is 5.56 Å². The number of benzene rings is 1. The van der Waals surface area contributed by atoms with Crippen LogP contribution in [0.3, 0.4) is 0 Å². The molecule has 0 aliphatic carbocycles. The quantitative estimate of drug-likeness (QED) is 0.114. The lowest BCUT2D eigenvalue weighted by Crippen LogP contribution is -2.61. The summed E-state index contributed by atoms with van der Waals surface area (Å²) in [5, 5.41) is 36.9. The van der Waals surface area contributed by atoms with Gasteiger partial charge in [0.15, 0.2) is 0 Å². The number of aliphatic hydroxyl groups excluding tert-OH is 1. The minimum atomic E-state index is -1.58. The molecule has 14 nitrogen and oxygen atoms in total. The van der Waals surface area contributed by atoms with Gasteiger partial charge in [-0.2, -0.15) is 0 Å². The molecule has 0 heterocycles. The molecule has 0 saturated heterocycles. The fourth-order valence-corrected chi connectivity index (χ4v) is 3.64. The predicted molar refractivity (Wildman–Crippen MR) is 142 cm³/mol. The largest absolute Gasteiger partial charge is 0.481 e. The minimum Gasteiger partial charge on any atom is -0.481 e. The van der Waals surface area contributed by atoms with Crippen molar-refractivity contribution in [2.24, 2.45) is 17.6 Å². The van der Waals surface area contributed by atoms with Crippen molar-refractivity contribution >= 4 is 35.6 Å². The average Bonchev–Trinajstić information content (AvgIpc) is 2.87. The van der Waals surface area contributed by atoms with E-state index in [1.165, 1.54) is 0 Å². The second-order valence-corrected chi connectivity index (χ2v) is 10.00. The molecule has 0 fully saturated rings. The van der Waals surface area contributed by atoms with Crippen LogP contribution in [-0.2, 0) is 35.2 Å². The summed E-state index contributed by atoms with van der Waals surface area (Å²) >= 11 is 0. The van der Waals surface area contributed by atoms with E-state index in [4.69, 9.17) is 10.8 Å². The summed E-state index contributed by atoms with van der Waals surface area (Å²) in [6, 6.07) is 2.17. The van der Waals surface area contributed by atoms with E-state index in [9.17, 15) is 39.0 Å². The number of hydrogen-bond donors (Lipinski definition) is 8. The fraction of sp³-hybridized carbons (Fsp3) is 0.538. The van der Waals surface area contributed by atoms with E-state index in [2.05, 4.69) is 21.3 Å². The number of nitrogens with one attached hydrogen (secondary N) is 4. The van der Waals surface area contributed by atoms with Gasteiger partial charge in [-0.3, -0.25) is 24.0 Å². The van der Waals surface area contributed by atoms with Crippen molar-refractivity contribution < 1.29 is 44.1 Å². The number of aliphatic hydroxyl groups is 1. The van der Waals surface area contributed by atoms with Crippen LogP contribution < -0.4 is 27.0 Å². The number of rotatable bonds is 16. The standard InChI is InChI=1S/C26H39N5O9/c1-13(2)20(24(37)29-18(12-32)26(39)40)31-25(38)21(14(3)4)30-23(36)17(11-19(33)34)28-22(35)16(27)10-15-8-6-5-7-9-15/h5-9,13-14,16-18,20-21,32H,10-12,27H2,1-4H3,(H,28,35)(H,29,37)(H,30,36)(H,31,38)(H,33,34)(H,39,40)/t16-,17-,18-,20-,21-/m0/s1. The number of amides is 4. The van der Waals surface area contributed by atoms with E-state index in [1.807, 2.05) is 0 Å². The van der Waals surface area contributed by atoms with Gasteiger partial charge < -0.3 is 42.3 Å². The van der Waals surface area contributed by atoms with Crippen molar-refractivity contribution in [2.75, 3.05) is 6.61 Å². The van der Waals surface area contributed by atoms with Crippen molar-refractivity contribution in [1.82, 2.24) is 21.3 Å². The number of aliphatic carboxylic acids is 2. The lowest BCUT2D eigenvalue weighted by atomic mass is 9.99. The molecule has 5 atom stereocenters. The van der Waals surface area contributed by atoms with E-state index in [0.29, 0.717) is 0 Å². The van der Waals surface area contributed by atoms with Crippen LogP contribution in [0.5, 0.6) is 0 Å². The Balaban J connectivity index is 3.01.